The molecule has 2 aromatic heterocycles. The maximum Gasteiger partial charge on any atom is 0.276 e. The number of aromatic nitrogens is 3. The number of anilines is 1. The van der Waals surface area contributed by atoms with E-state index in [1.165, 1.54) is 0 Å². The van der Waals surface area contributed by atoms with Gasteiger partial charge in [-0.1, -0.05) is 18.2 Å². The second-order valence-electron chi connectivity index (χ2n) is 6.42. The van der Waals surface area contributed by atoms with Gasteiger partial charge in [-0.25, -0.2) is 4.68 Å². The number of carbonyl (C=O) groups is 1. The van der Waals surface area contributed by atoms with Gasteiger partial charge in [-0.05, 0) is 42.5 Å². The van der Waals surface area contributed by atoms with Crippen LogP contribution in [0.2, 0.25) is 0 Å². The first-order valence-electron chi connectivity index (χ1n) is 9.29. The number of para-hydroxylation sites is 1. The Morgan fingerprint density at radius 2 is 1.70 bits per heavy atom. The molecular weight excluding hydrogens is 380 g/mol. The molecule has 0 bridgehead atoms. The number of hydrogen-bond acceptors (Lipinski definition) is 5. The number of rotatable bonds is 6. The van der Waals surface area contributed by atoms with Gasteiger partial charge in [-0.2, -0.15) is 5.10 Å². The van der Waals surface area contributed by atoms with E-state index < -0.39 is 0 Å². The van der Waals surface area contributed by atoms with Gasteiger partial charge in [0.25, 0.3) is 5.91 Å². The predicted octanol–water partition coefficient (Wildman–Crippen LogP) is 4.20. The molecule has 0 radical (unpaired) electrons. The van der Waals surface area contributed by atoms with Crippen LogP contribution < -0.4 is 14.8 Å². The second-order valence-corrected chi connectivity index (χ2v) is 6.42. The molecule has 0 atom stereocenters. The van der Waals surface area contributed by atoms with Crippen LogP contribution in [0.5, 0.6) is 11.5 Å². The van der Waals surface area contributed by atoms with Crippen molar-refractivity contribution >= 4 is 11.6 Å². The molecule has 2 aromatic carbocycles. The summed E-state index contributed by atoms with van der Waals surface area (Å²) in [5, 5.41) is 7.43. The van der Waals surface area contributed by atoms with Gasteiger partial charge in [-0.15, -0.1) is 0 Å². The van der Waals surface area contributed by atoms with Crippen LogP contribution in [0.1, 0.15) is 10.5 Å². The van der Waals surface area contributed by atoms with E-state index in [0.717, 1.165) is 16.9 Å². The summed E-state index contributed by atoms with van der Waals surface area (Å²) >= 11 is 0. The zero-order valence-corrected chi connectivity index (χ0v) is 16.6. The summed E-state index contributed by atoms with van der Waals surface area (Å²) in [6.07, 6.45) is 3.41. The van der Waals surface area contributed by atoms with Gasteiger partial charge in [0.1, 0.15) is 11.5 Å². The molecule has 0 unspecified atom stereocenters. The lowest BCUT2D eigenvalue weighted by atomic mass is 10.1. The van der Waals surface area contributed by atoms with Crippen molar-refractivity contribution < 1.29 is 14.3 Å². The molecule has 1 N–H and O–H groups in total. The molecule has 0 aliphatic carbocycles. The fourth-order valence-corrected chi connectivity index (χ4v) is 3.08. The largest absolute Gasteiger partial charge is 0.497 e. The number of nitrogens with zero attached hydrogens (tertiary/aromatic N) is 3. The maximum absolute atomic E-state index is 13.0. The van der Waals surface area contributed by atoms with E-state index in [9.17, 15) is 4.79 Å². The third kappa shape index (κ3) is 3.86. The number of carbonyl (C=O) groups excluding carboxylic acids is 1. The lowest BCUT2D eigenvalue weighted by molar-refractivity contribution is 0.102. The quantitative estimate of drug-likeness (QED) is 0.525. The van der Waals surface area contributed by atoms with Gasteiger partial charge in [0.05, 0.1) is 31.3 Å². The van der Waals surface area contributed by atoms with Crippen LogP contribution in [0.15, 0.2) is 79.1 Å². The topological polar surface area (TPSA) is 78.3 Å². The van der Waals surface area contributed by atoms with Gasteiger partial charge >= 0.3 is 0 Å². The minimum atomic E-state index is -0.355. The lowest BCUT2D eigenvalue weighted by Crippen LogP contribution is -2.14. The summed E-state index contributed by atoms with van der Waals surface area (Å²) in [7, 11) is 3.11. The minimum Gasteiger partial charge on any atom is -0.497 e. The van der Waals surface area contributed by atoms with Crippen LogP contribution in [0.25, 0.3) is 16.9 Å². The SMILES string of the molecule is COc1ccc(OC)c(NC(=O)c2cc(-c3ccncc3)n(-c3ccccc3)n2)c1. The van der Waals surface area contributed by atoms with Crippen LogP contribution in [0.3, 0.4) is 0 Å². The molecule has 30 heavy (non-hydrogen) atoms. The highest BCUT2D eigenvalue weighted by Crippen LogP contribution is 2.30. The van der Waals surface area contributed by atoms with Crippen molar-refractivity contribution in [3.8, 4) is 28.4 Å². The van der Waals surface area contributed by atoms with Crippen LogP contribution in [0.4, 0.5) is 5.69 Å². The first kappa shape index (κ1) is 19.2. The summed E-state index contributed by atoms with van der Waals surface area (Å²) in [6.45, 7) is 0. The number of nitrogens with one attached hydrogen (secondary N) is 1. The molecule has 150 valence electrons. The minimum absolute atomic E-state index is 0.274. The molecule has 0 spiro atoms. The Balaban J connectivity index is 1.73. The van der Waals surface area contributed by atoms with Crippen molar-refractivity contribution in [1.29, 1.82) is 0 Å². The second kappa shape index (κ2) is 8.48. The Morgan fingerprint density at radius 1 is 0.933 bits per heavy atom. The van der Waals surface area contributed by atoms with Gasteiger partial charge in [0.2, 0.25) is 0 Å². The fourth-order valence-electron chi connectivity index (χ4n) is 3.08. The normalized spacial score (nSPS) is 10.5. The van der Waals surface area contributed by atoms with E-state index in [1.54, 1.807) is 55.6 Å². The van der Waals surface area contributed by atoms with Gasteiger partial charge in [-0.3, -0.25) is 9.78 Å². The Morgan fingerprint density at radius 3 is 2.40 bits per heavy atom. The summed E-state index contributed by atoms with van der Waals surface area (Å²) in [5.74, 6) is 0.783. The summed E-state index contributed by atoms with van der Waals surface area (Å²) < 4.78 is 12.3. The summed E-state index contributed by atoms with van der Waals surface area (Å²) in [6, 6.07) is 20.4. The highest BCUT2D eigenvalue weighted by Gasteiger charge is 2.18. The van der Waals surface area contributed by atoms with Crippen molar-refractivity contribution in [2.75, 3.05) is 19.5 Å². The van der Waals surface area contributed by atoms with Gasteiger partial charge in [0, 0.05) is 24.0 Å². The van der Waals surface area contributed by atoms with E-state index in [2.05, 4.69) is 15.4 Å². The number of ether oxygens (including phenoxy) is 2. The Hall–Kier alpha value is -4.13. The average molecular weight is 400 g/mol. The highest BCUT2D eigenvalue weighted by molar-refractivity contribution is 6.04. The predicted molar refractivity (Wildman–Crippen MR) is 114 cm³/mol. The smallest absolute Gasteiger partial charge is 0.276 e. The van der Waals surface area contributed by atoms with Gasteiger partial charge in [0.15, 0.2) is 5.69 Å². The lowest BCUT2D eigenvalue weighted by Gasteiger charge is -2.11. The van der Waals surface area contributed by atoms with Crippen molar-refractivity contribution in [3.63, 3.8) is 0 Å². The van der Waals surface area contributed by atoms with Crippen LogP contribution >= 0.6 is 0 Å². The van der Waals surface area contributed by atoms with Crippen LogP contribution in [-0.2, 0) is 0 Å². The Labute approximate surface area is 173 Å². The van der Waals surface area contributed by atoms with Crippen molar-refractivity contribution in [2.45, 2.75) is 0 Å². The first-order valence-corrected chi connectivity index (χ1v) is 9.29. The van der Waals surface area contributed by atoms with E-state index >= 15 is 0 Å². The molecule has 0 fully saturated rings. The van der Waals surface area contributed by atoms with E-state index in [4.69, 9.17) is 9.47 Å². The standard InChI is InChI=1S/C23H20N4O3/c1-29-18-8-9-22(30-2)19(14-18)25-23(28)20-15-21(16-10-12-24-13-11-16)27(26-20)17-6-4-3-5-7-17/h3-15H,1-2H3,(H,25,28). The van der Waals surface area contributed by atoms with Crippen molar-refractivity contribution in [1.82, 2.24) is 14.8 Å². The third-order valence-corrected chi connectivity index (χ3v) is 4.57. The monoisotopic (exact) mass is 400 g/mol. The van der Waals surface area contributed by atoms with Crippen molar-refractivity contribution in [2.24, 2.45) is 0 Å². The number of methoxy groups -OCH3 is 2. The molecule has 2 heterocycles. The fraction of sp³-hybridized carbons (Fsp3) is 0.0870. The molecule has 4 rings (SSSR count). The molecule has 0 aliphatic heterocycles. The van der Waals surface area contributed by atoms with E-state index in [-0.39, 0.29) is 11.6 Å². The molecule has 0 saturated carbocycles. The molecule has 0 aliphatic rings. The zero-order chi connectivity index (χ0) is 20.9. The molecular formula is C23H20N4O3. The molecule has 7 nitrogen and oxygen atoms in total. The van der Waals surface area contributed by atoms with Crippen LogP contribution in [0, 0.1) is 0 Å². The average Bonchev–Trinajstić information content (AvgIpc) is 3.26. The summed E-state index contributed by atoms with van der Waals surface area (Å²) in [4.78, 5) is 17.1. The Bertz CT molecular complexity index is 1100. The highest BCUT2D eigenvalue weighted by atomic mass is 16.5. The number of hydrogen-bond donors (Lipinski definition) is 1. The van der Waals surface area contributed by atoms with E-state index in [1.807, 2.05) is 42.5 Å². The third-order valence-electron chi connectivity index (χ3n) is 4.57. The molecule has 7 heteroatoms. The molecule has 4 aromatic rings. The maximum atomic E-state index is 13.0. The molecule has 1 amide bonds. The van der Waals surface area contributed by atoms with E-state index in [0.29, 0.717) is 17.2 Å². The molecule has 0 saturated heterocycles. The van der Waals surface area contributed by atoms with Crippen molar-refractivity contribution in [3.05, 3.63) is 84.8 Å². The number of amides is 1. The Kier molecular flexibility index (Phi) is 5.43. The zero-order valence-electron chi connectivity index (χ0n) is 16.6. The van der Waals surface area contributed by atoms with Crippen LogP contribution in [-0.4, -0.2) is 34.9 Å². The summed E-state index contributed by atoms with van der Waals surface area (Å²) in [5.41, 5.74) is 3.31. The number of benzene rings is 2. The number of pyridine rings is 1. The van der Waals surface area contributed by atoms with Gasteiger partial charge < -0.3 is 14.8 Å². The first-order chi connectivity index (χ1) is 14.7.